The molecule has 1 aliphatic carbocycles. The van der Waals surface area contributed by atoms with Crippen LogP contribution in [0.1, 0.15) is 35.4 Å². The standard InChI is InChI=1S/C12H18N2OS.ClH/c1-9-4-5-10(16-9)8-14-11(15)12(13)6-2-3-7-12;/h4-5H,2-3,6-8,13H2,1H3,(H,14,15);1H. The number of rotatable bonds is 3. The molecular weight excluding hydrogens is 256 g/mol. The Bertz CT molecular complexity index is 386. The highest BCUT2D eigenvalue weighted by molar-refractivity contribution is 7.11. The van der Waals surface area contributed by atoms with E-state index in [1.54, 1.807) is 11.3 Å². The number of carbonyl (C=O) groups is 1. The molecule has 0 saturated heterocycles. The molecule has 0 aromatic carbocycles. The molecule has 1 aromatic rings. The third kappa shape index (κ3) is 3.44. The van der Waals surface area contributed by atoms with Gasteiger partial charge in [-0.3, -0.25) is 4.79 Å². The molecule has 17 heavy (non-hydrogen) atoms. The van der Waals surface area contributed by atoms with Crippen molar-refractivity contribution in [2.45, 2.75) is 44.7 Å². The summed E-state index contributed by atoms with van der Waals surface area (Å²) in [6, 6.07) is 4.12. The van der Waals surface area contributed by atoms with E-state index in [0.717, 1.165) is 25.7 Å². The van der Waals surface area contributed by atoms with Crippen LogP contribution in [0.2, 0.25) is 0 Å². The Morgan fingerprint density at radius 3 is 2.65 bits per heavy atom. The van der Waals surface area contributed by atoms with Gasteiger partial charge in [-0.1, -0.05) is 12.8 Å². The highest BCUT2D eigenvalue weighted by Gasteiger charge is 2.36. The second-order valence-corrected chi connectivity index (χ2v) is 5.93. The maximum Gasteiger partial charge on any atom is 0.240 e. The van der Waals surface area contributed by atoms with E-state index in [1.807, 2.05) is 0 Å². The molecule has 2 rings (SSSR count). The topological polar surface area (TPSA) is 55.1 Å². The summed E-state index contributed by atoms with van der Waals surface area (Å²) in [5, 5.41) is 2.94. The number of halogens is 1. The molecule has 0 unspecified atom stereocenters. The Morgan fingerprint density at radius 1 is 1.47 bits per heavy atom. The Morgan fingerprint density at radius 2 is 2.12 bits per heavy atom. The van der Waals surface area contributed by atoms with Gasteiger partial charge in [-0.05, 0) is 31.9 Å². The Labute approximate surface area is 112 Å². The van der Waals surface area contributed by atoms with Crippen LogP contribution in [0.4, 0.5) is 0 Å². The molecule has 3 nitrogen and oxygen atoms in total. The van der Waals surface area contributed by atoms with Crippen LogP contribution in [0.5, 0.6) is 0 Å². The van der Waals surface area contributed by atoms with Gasteiger partial charge in [0.2, 0.25) is 5.91 Å². The van der Waals surface area contributed by atoms with Crippen LogP contribution in [0.25, 0.3) is 0 Å². The largest absolute Gasteiger partial charge is 0.350 e. The Balaban J connectivity index is 0.00000144. The van der Waals surface area contributed by atoms with Crippen LogP contribution >= 0.6 is 23.7 Å². The van der Waals surface area contributed by atoms with Gasteiger partial charge in [-0.15, -0.1) is 23.7 Å². The molecule has 96 valence electrons. The summed E-state index contributed by atoms with van der Waals surface area (Å²) in [4.78, 5) is 14.4. The van der Waals surface area contributed by atoms with E-state index in [9.17, 15) is 4.79 Å². The summed E-state index contributed by atoms with van der Waals surface area (Å²) in [6.07, 6.45) is 3.79. The van der Waals surface area contributed by atoms with E-state index in [4.69, 9.17) is 5.73 Å². The van der Waals surface area contributed by atoms with Gasteiger partial charge in [-0.25, -0.2) is 0 Å². The van der Waals surface area contributed by atoms with E-state index in [1.165, 1.54) is 9.75 Å². The maximum atomic E-state index is 11.9. The van der Waals surface area contributed by atoms with Gasteiger partial charge in [0.25, 0.3) is 0 Å². The molecule has 5 heteroatoms. The number of hydrogen-bond acceptors (Lipinski definition) is 3. The van der Waals surface area contributed by atoms with Gasteiger partial charge in [-0.2, -0.15) is 0 Å². The average Bonchev–Trinajstić information content (AvgIpc) is 2.85. The van der Waals surface area contributed by atoms with Gasteiger partial charge in [0.05, 0.1) is 12.1 Å². The molecule has 0 spiro atoms. The SMILES string of the molecule is Cc1ccc(CNC(=O)C2(N)CCCC2)s1.Cl. The molecule has 1 amide bonds. The van der Waals surface area contributed by atoms with Gasteiger partial charge in [0.1, 0.15) is 0 Å². The number of aryl methyl sites for hydroxylation is 1. The highest BCUT2D eigenvalue weighted by Crippen LogP contribution is 2.27. The van der Waals surface area contributed by atoms with Crippen molar-refractivity contribution in [1.82, 2.24) is 5.32 Å². The normalized spacial score (nSPS) is 17.5. The zero-order chi connectivity index (χ0) is 11.6. The molecule has 0 radical (unpaired) electrons. The first-order valence-corrected chi connectivity index (χ1v) is 6.54. The van der Waals surface area contributed by atoms with Crippen molar-refractivity contribution in [2.24, 2.45) is 5.73 Å². The van der Waals surface area contributed by atoms with Gasteiger partial charge in [0, 0.05) is 9.75 Å². The Kier molecular flexibility index (Phi) is 4.98. The van der Waals surface area contributed by atoms with Crippen molar-refractivity contribution in [1.29, 1.82) is 0 Å². The van der Waals surface area contributed by atoms with Crippen LogP contribution < -0.4 is 11.1 Å². The second-order valence-electron chi connectivity index (χ2n) is 4.56. The van der Waals surface area contributed by atoms with Crippen molar-refractivity contribution in [2.75, 3.05) is 0 Å². The number of nitrogens with one attached hydrogen (secondary N) is 1. The number of carbonyl (C=O) groups excluding carboxylic acids is 1. The predicted molar refractivity (Wildman–Crippen MR) is 73.5 cm³/mol. The number of hydrogen-bond donors (Lipinski definition) is 2. The second kappa shape index (κ2) is 5.85. The van der Waals surface area contributed by atoms with Crippen LogP contribution in [0.15, 0.2) is 12.1 Å². The summed E-state index contributed by atoms with van der Waals surface area (Å²) in [7, 11) is 0. The van der Waals surface area contributed by atoms with E-state index in [-0.39, 0.29) is 18.3 Å². The first-order chi connectivity index (χ1) is 7.60. The minimum Gasteiger partial charge on any atom is -0.350 e. The highest BCUT2D eigenvalue weighted by atomic mass is 35.5. The average molecular weight is 275 g/mol. The van der Waals surface area contributed by atoms with Crippen molar-refractivity contribution in [3.63, 3.8) is 0 Å². The minimum absolute atomic E-state index is 0. The van der Waals surface area contributed by atoms with E-state index >= 15 is 0 Å². The van der Waals surface area contributed by atoms with E-state index in [0.29, 0.717) is 6.54 Å². The summed E-state index contributed by atoms with van der Waals surface area (Å²) < 4.78 is 0. The van der Waals surface area contributed by atoms with Crippen LogP contribution in [-0.2, 0) is 11.3 Å². The van der Waals surface area contributed by atoms with Crippen molar-refractivity contribution in [3.05, 3.63) is 21.9 Å². The van der Waals surface area contributed by atoms with Gasteiger partial charge in [0.15, 0.2) is 0 Å². The smallest absolute Gasteiger partial charge is 0.240 e. The number of nitrogens with two attached hydrogens (primary N) is 1. The lowest BCUT2D eigenvalue weighted by atomic mass is 9.98. The summed E-state index contributed by atoms with van der Waals surface area (Å²) >= 11 is 1.72. The molecule has 1 fully saturated rings. The molecule has 1 heterocycles. The fourth-order valence-electron chi connectivity index (χ4n) is 2.16. The lowest BCUT2D eigenvalue weighted by Crippen LogP contribution is -2.51. The number of thiophene rings is 1. The van der Waals surface area contributed by atoms with Crippen LogP contribution in [-0.4, -0.2) is 11.4 Å². The molecule has 1 saturated carbocycles. The van der Waals surface area contributed by atoms with E-state index < -0.39 is 5.54 Å². The molecule has 1 aromatic heterocycles. The fraction of sp³-hybridized carbons (Fsp3) is 0.583. The summed E-state index contributed by atoms with van der Waals surface area (Å²) in [5.74, 6) is 0.0102. The third-order valence-electron chi connectivity index (χ3n) is 3.17. The molecule has 3 N–H and O–H groups in total. The Hall–Kier alpha value is -0.580. The molecular formula is C12H19ClN2OS. The molecule has 0 atom stereocenters. The lowest BCUT2D eigenvalue weighted by Gasteiger charge is -2.21. The molecule has 1 aliphatic rings. The molecule has 0 aliphatic heterocycles. The van der Waals surface area contributed by atoms with Gasteiger partial charge < -0.3 is 11.1 Å². The van der Waals surface area contributed by atoms with Crippen LogP contribution in [0, 0.1) is 6.92 Å². The first kappa shape index (κ1) is 14.5. The zero-order valence-electron chi connectivity index (χ0n) is 9.99. The van der Waals surface area contributed by atoms with Crippen molar-refractivity contribution < 1.29 is 4.79 Å². The van der Waals surface area contributed by atoms with Crippen molar-refractivity contribution in [3.8, 4) is 0 Å². The fourth-order valence-corrected chi connectivity index (χ4v) is 2.99. The van der Waals surface area contributed by atoms with Crippen molar-refractivity contribution >= 4 is 29.7 Å². The molecule has 0 bridgehead atoms. The monoisotopic (exact) mass is 274 g/mol. The van der Waals surface area contributed by atoms with E-state index in [2.05, 4.69) is 24.4 Å². The zero-order valence-corrected chi connectivity index (χ0v) is 11.6. The summed E-state index contributed by atoms with van der Waals surface area (Å²) in [6.45, 7) is 2.67. The van der Waals surface area contributed by atoms with Crippen LogP contribution in [0.3, 0.4) is 0 Å². The number of amides is 1. The first-order valence-electron chi connectivity index (χ1n) is 5.73. The lowest BCUT2D eigenvalue weighted by molar-refractivity contribution is -0.126. The van der Waals surface area contributed by atoms with Gasteiger partial charge >= 0.3 is 0 Å². The third-order valence-corrected chi connectivity index (χ3v) is 4.17. The summed E-state index contributed by atoms with van der Waals surface area (Å²) in [5.41, 5.74) is 5.46. The minimum atomic E-state index is -0.605. The maximum absolute atomic E-state index is 11.9. The predicted octanol–water partition coefficient (Wildman–Crippen LogP) is 2.37. The quantitative estimate of drug-likeness (QED) is 0.889.